The zero-order chi connectivity index (χ0) is 14.1. The molecule has 0 fully saturated rings. The summed E-state index contributed by atoms with van der Waals surface area (Å²) < 4.78 is 0. The van der Waals surface area contributed by atoms with Gasteiger partial charge in [0.1, 0.15) is 0 Å². The van der Waals surface area contributed by atoms with Crippen molar-refractivity contribution in [2.75, 3.05) is 21.1 Å². The average Bonchev–Trinajstić information content (AvgIpc) is 2.22. The van der Waals surface area contributed by atoms with Crippen LogP contribution in [0.2, 0.25) is 0 Å². The van der Waals surface area contributed by atoms with Gasteiger partial charge in [-0.2, -0.15) is 0 Å². The first-order valence-corrected chi connectivity index (χ1v) is 6.63. The van der Waals surface area contributed by atoms with E-state index >= 15 is 0 Å². The highest BCUT2D eigenvalue weighted by Gasteiger charge is 2.32. The van der Waals surface area contributed by atoms with E-state index < -0.39 is 0 Å². The second kappa shape index (κ2) is 5.41. The molecule has 2 nitrogen and oxygen atoms in total. The Balaban J connectivity index is 3.40. The molecule has 2 heteroatoms. The molecule has 102 valence electrons. The van der Waals surface area contributed by atoms with Gasteiger partial charge in [-0.05, 0) is 72.5 Å². The molecule has 1 rings (SSSR count). The van der Waals surface area contributed by atoms with Crippen LogP contribution in [0, 0.1) is 20.8 Å². The highest BCUT2D eigenvalue weighted by molar-refractivity contribution is 5.41. The predicted molar refractivity (Wildman–Crippen MR) is 80.2 cm³/mol. The van der Waals surface area contributed by atoms with Crippen molar-refractivity contribution in [3.63, 3.8) is 0 Å². The van der Waals surface area contributed by atoms with Gasteiger partial charge in [-0.25, -0.2) is 0 Å². The van der Waals surface area contributed by atoms with E-state index in [0.717, 1.165) is 0 Å². The molecule has 0 saturated heterocycles. The van der Waals surface area contributed by atoms with Crippen molar-refractivity contribution in [3.8, 4) is 0 Å². The lowest BCUT2D eigenvalue weighted by molar-refractivity contribution is 0.176. The third kappa shape index (κ3) is 2.93. The normalized spacial score (nSPS) is 14.1. The molecule has 1 unspecified atom stereocenters. The minimum absolute atomic E-state index is 0.0360. The van der Waals surface area contributed by atoms with Gasteiger partial charge < -0.3 is 10.2 Å². The van der Waals surface area contributed by atoms with Crippen molar-refractivity contribution < 1.29 is 0 Å². The summed E-state index contributed by atoms with van der Waals surface area (Å²) in [6, 6.07) is 4.93. The summed E-state index contributed by atoms with van der Waals surface area (Å²) in [5, 5.41) is 3.45. The Morgan fingerprint density at radius 2 is 1.50 bits per heavy atom. The molecular formula is C16H28N2. The van der Waals surface area contributed by atoms with E-state index in [2.05, 4.69) is 71.1 Å². The Kier molecular flexibility index (Phi) is 4.57. The minimum atomic E-state index is 0.0360. The van der Waals surface area contributed by atoms with Gasteiger partial charge >= 0.3 is 0 Å². The second-order valence-corrected chi connectivity index (χ2v) is 6.15. The summed E-state index contributed by atoms with van der Waals surface area (Å²) in [5.41, 5.74) is 5.59. The SMILES string of the molecule is CNC(C)(C)C(c1c(C)cc(C)cc1C)N(C)C. The molecule has 0 aliphatic carbocycles. The van der Waals surface area contributed by atoms with Crippen LogP contribution >= 0.6 is 0 Å². The molecule has 0 radical (unpaired) electrons. The van der Waals surface area contributed by atoms with E-state index in [1.54, 1.807) is 0 Å². The number of rotatable bonds is 4. The number of nitrogens with zero attached hydrogens (tertiary/aromatic N) is 1. The Hall–Kier alpha value is -0.860. The minimum Gasteiger partial charge on any atom is -0.313 e. The first kappa shape index (κ1) is 15.2. The molecule has 0 heterocycles. The molecule has 1 atom stereocenters. The van der Waals surface area contributed by atoms with E-state index in [1.165, 1.54) is 22.3 Å². The number of benzene rings is 1. The summed E-state index contributed by atoms with van der Waals surface area (Å²) in [6.45, 7) is 11.1. The van der Waals surface area contributed by atoms with Crippen LogP contribution in [-0.4, -0.2) is 31.6 Å². The molecule has 1 aromatic rings. The van der Waals surface area contributed by atoms with E-state index in [4.69, 9.17) is 0 Å². The van der Waals surface area contributed by atoms with Gasteiger partial charge in [0, 0.05) is 5.54 Å². The zero-order valence-corrected chi connectivity index (χ0v) is 13.2. The topological polar surface area (TPSA) is 15.3 Å². The smallest absolute Gasteiger partial charge is 0.0524 e. The lowest BCUT2D eigenvalue weighted by atomic mass is 9.83. The highest BCUT2D eigenvalue weighted by Crippen LogP contribution is 2.34. The van der Waals surface area contributed by atoms with Crippen LogP contribution in [0.5, 0.6) is 0 Å². The third-order valence-corrected chi connectivity index (χ3v) is 3.86. The van der Waals surface area contributed by atoms with E-state index in [-0.39, 0.29) is 5.54 Å². The van der Waals surface area contributed by atoms with Crippen LogP contribution < -0.4 is 5.32 Å². The number of hydrogen-bond acceptors (Lipinski definition) is 2. The van der Waals surface area contributed by atoms with Crippen LogP contribution in [0.25, 0.3) is 0 Å². The fraction of sp³-hybridized carbons (Fsp3) is 0.625. The standard InChI is InChI=1S/C16H28N2/c1-11-9-12(2)14(13(3)10-11)15(18(7)8)16(4,5)17-6/h9-10,15,17H,1-8H3. The van der Waals surface area contributed by atoms with Crippen molar-refractivity contribution in [1.29, 1.82) is 0 Å². The lowest BCUT2D eigenvalue weighted by Gasteiger charge is -2.40. The van der Waals surface area contributed by atoms with Crippen molar-refractivity contribution in [2.24, 2.45) is 0 Å². The fourth-order valence-electron chi connectivity index (χ4n) is 3.02. The van der Waals surface area contributed by atoms with Gasteiger partial charge in [0.15, 0.2) is 0 Å². The molecule has 0 bridgehead atoms. The lowest BCUT2D eigenvalue weighted by Crippen LogP contribution is -2.48. The zero-order valence-electron chi connectivity index (χ0n) is 13.2. The van der Waals surface area contributed by atoms with E-state index in [1.807, 2.05) is 7.05 Å². The summed E-state index contributed by atoms with van der Waals surface area (Å²) in [4.78, 5) is 2.31. The molecular weight excluding hydrogens is 220 g/mol. The fourth-order valence-corrected chi connectivity index (χ4v) is 3.02. The Bertz CT molecular complexity index is 396. The first-order valence-electron chi connectivity index (χ1n) is 6.63. The number of likely N-dealkylation sites (N-methyl/N-ethyl adjacent to an activating group) is 2. The Morgan fingerprint density at radius 1 is 1.06 bits per heavy atom. The second-order valence-electron chi connectivity index (χ2n) is 6.15. The predicted octanol–water partition coefficient (Wildman–Crippen LogP) is 3.21. The first-order chi connectivity index (χ1) is 8.20. The molecule has 0 aromatic heterocycles. The number of hydrogen-bond donors (Lipinski definition) is 1. The Morgan fingerprint density at radius 3 is 1.83 bits per heavy atom. The maximum Gasteiger partial charge on any atom is 0.0524 e. The van der Waals surface area contributed by atoms with Crippen LogP contribution in [0.4, 0.5) is 0 Å². The van der Waals surface area contributed by atoms with Gasteiger partial charge in [-0.1, -0.05) is 17.7 Å². The van der Waals surface area contributed by atoms with Crippen molar-refractivity contribution >= 4 is 0 Å². The quantitative estimate of drug-likeness (QED) is 0.880. The molecule has 18 heavy (non-hydrogen) atoms. The van der Waals surface area contributed by atoms with Crippen LogP contribution in [0.1, 0.15) is 42.1 Å². The highest BCUT2D eigenvalue weighted by atomic mass is 15.2. The summed E-state index contributed by atoms with van der Waals surface area (Å²) >= 11 is 0. The third-order valence-electron chi connectivity index (χ3n) is 3.86. The van der Waals surface area contributed by atoms with E-state index in [0.29, 0.717) is 6.04 Å². The van der Waals surface area contributed by atoms with Gasteiger partial charge in [-0.3, -0.25) is 0 Å². The van der Waals surface area contributed by atoms with E-state index in [9.17, 15) is 0 Å². The van der Waals surface area contributed by atoms with Gasteiger partial charge in [-0.15, -0.1) is 0 Å². The van der Waals surface area contributed by atoms with Gasteiger partial charge in [0.2, 0.25) is 0 Å². The van der Waals surface area contributed by atoms with Crippen molar-refractivity contribution in [3.05, 3.63) is 34.4 Å². The maximum atomic E-state index is 3.45. The summed E-state index contributed by atoms with van der Waals surface area (Å²) in [5.74, 6) is 0. The van der Waals surface area contributed by atoms with Crippen LogP contribution in [0.15, 0.2) is 12.1 Å². The monoisotopic (exact) mass is 248 g/mol. The van der Waals surface area contributed by atoms with Crippen LogP contribution in [0.3, 0.4) is 0 Å². The summed E-state index contributed by atoms with van der Waals surface area (Å²) in [7, 11) is 6.35. The van der Waals surface area contributed by atoms with Gasteiger partial charge in [0.25, 0.3) is 0 Å². The average molecular weight is 248 g/mol. The number of nitrogens with one attached hydrogen (secondary N) is 1. The molecule has 0 aliphatic rings. The molecule has 1 N–H and O–H groups in total. The molecule has 0 aliphatic heterocycles. The summed E-state index contributed by atoms with van der Waals surface area (Å²) in [6.07, 6.45) is 0. The van der Waals surface area contributed by atoms with Crippen LogP contribution in [-0.2, 0) is 0 Å². The van der Waals surface area contributed by atoms with Crippen molar-refractivity contribution in [2.45, 2.75) is 46.2 Å². The molecule has 0 spiro atoms. The molecule has 1 aromatic carbocycles. The van der Waals surface area contributed by atoms with Crippen molar-refractivity contribution in [1.82, 2.24) is 10.2 Å². The largest absolute Gasteiger partial charge is 0.313 e. The molecule has 0 amide bonds. The Labute approximate surface area is 112 Å². The molecule has 0 saturated carbocycles. The number of aryl methyl sites for hydroxylation is 3. The maximum absolute atomic E-state index is 3.45. The van der Waals surface area contributed by atoms with Gasteiger partial charge in [0.05, 0.1) is 6.04 Å².